The molecule has 2 fully saturated rings. The van der Waals surface area contributed by atoms with Crippen molar-refractivity contribution in [2.45, 2.75) is 45.1 Å². The van der Waals surface area contributed by atoms with Gasteiger partial charge in [-0.15, -0.1) is 0 Å². The Labute approximate surface area is 243 Å². The molecule has 2 aliphatic heterocycles. The number of carbonyl (C=O) groups excluding carboxylic acids is 1. The Kier molecular flexibility index (Phi) is 8.06. The molecular weight excluding hydrogens is 545 g/mol. The van der Waals surface area contributed by atoms with Crippen molar-refractivity contribution in [1.29, 1.82) is 0 Å². The summed E-state index contributed by atoms with van der Waals surface area (Å²) in [7, 11) is 5.71. The van der Waals surface area contributed by atoms with Crippen LogP contribution in [-0.4, -0.2) is 64.8 Å². The highest BCUT2D eigenvalue weighted by molar-refractivity contribution is 6.05. The summed E-state index contributed by atoms with van der Waals surface area (Å²) in [6.07, 6.45) is -0.0746. The van der Waals surface area contributed by atoms with Crippen LogP contribution in [0.4, 0.5) is 24.5 Å². The summed E-state index contributed by atoms with van der Waals surface area (Å²) in [4.78, 5) is 17.8. The van der Waals surface area contributed by atoms with Crippen LogP contribution in [-0.2, 0) is 19.8 Å². The molecule has 5 rings (SSSR count). The number of hydrogen-bond donors (Lipinski definition) is 3. The first-order valence-electron chi connectivity index (χ1n) is 13.8. The molecule has 1 aromatic heterocycles. The second-order valence-corrected chi connectivity index (χ2v) is 11.3. The van der Waals surface area contributed by atoms with Gasteiger partial charge in [-0.1, -0.05) is 6.07 Å². The molecule has 3 heterocycles. The van der Waals surface area contributed by atoms with Crippen molar-refractivity contribution in [1.82, 2.24) is 24.9 Å². The lowest BCUT2D eigenvalue weighted by Crippen LogP contribution is -2.43. The van der Waals surface area contributed by atoms with Gasteiger partial charge in [0.05, 0.1) is 23.1 Å². The van der Waals surface area contributed by atoms with Crippen LogP contribution in [0.5, 0.6) is 0 Å². The maximum atomic E-state index is 13.8. The number of hydrazine groups is 1. The topological polar surface area (TPSA) is 94.7 Å². The lowest BCUT2D eigenvalue weighted by atomic mass is 10.1. The van der Waals surface area contributed by atoms with Gasteiger partial charge in [0.1, 0.15) is 0 Å². The number of rotatable bonds is 8. The highest BCUT2D eigenvalue weighted by atomic mass is 19.4. The van der Waals surface area contributed by atoms with Crippen LogP contribution in [0.3, 0.4) is 0 Å². The van der Waals surface area contributed by atoms with Crippen LogP contribution >= 0.6 is 0 Å². The van der Waals surface area contributed by atoms with E-state index in [0.29, 0.717) is 29.9 Å². The number of nitrogens with zero attached hydrogens (tertiary/aromatic N) is 5. The van der Waals surface area contributed by atoms with E-state index in [1.807, 2.05) is 20.9 Å². The number of aryl methyl sites for hydroxylation is 2. The molecule has 2 saturated heterocycles. The summed E-state index contributed by atoms with van der Waals surface area (Å²) in [6.45, 7) is 5.94. The number of likely N-dealkylation sites (N-methyl/N-ethyl adjacent to an activating group) is 1. The van der Waals surface area contributed by atoms with E-state index in [9.17, 15) is 18.0 Å². The van der Waals surface area contributed by atoms with Gasteiger partial charge in [0, 0.05) is 74.5 Å². The molecule has 2 unspecified atom stereocenters. The molecule has 0 radical (unpaired) electrons. The van der Waals surface area contributed by atoms with Gasteiger partial charge in [-0.05, 0) is 68.8 Å². The second-order valence-electron chi connectivity index (χ2n) is 11.3. The van der Waals surface area contributed by atoms with E-state index in [2.05, 4.69) is 32.6 Å². The first kappa shape index (κ1) is 29.6. The fourth-order valence-electron chi connectivity index (χ4n) is 5.87. The standard InChI is InChI=1S/C30H37F3N8O/c1-18-6-7-21(10-28(18)41(34)17-27(35-3)26-13-36-39(5)19(26)2)29(42)37-23-9-20(8-22(11-23)30(31,32)33)14-40-16-24-12-25(40)15-38(24)4/h6-11,13,17,24-25,35H,12,14-16,34H2,1-5H3,(H,37,42)/b27-17-. The Balaban J connectivity index is 1.38. The second kappa shape index (κ2) is 11.4. The van der Waals surface area contributed by atoms with Gasteiger partial charge in [0.15, 0.2) is 0 Å². The number of aromatic nitrogens is 2. The number of nitrogens with one attached hydrogen (secondary N) is 2. The summed E-state index contributed by atoms with van der Waals surface area (Å²) in [5.41, 5.74) is 4.02. The van der Waals surface area contributed by atoms with E-state index in [1.165, 1.54) is 11.1 Å². The third-order valence-electron chi connectivity index (χ3n) is 8.40. The van der Waals surface area contributed by atoms with Crippen molar-refractivity contribution < 1.29 is 18.0 Å². The summed E-state index contributed by atoms with van der Waals surface area (Å²) in [5.74, 6) is 5.88. The zero-order valence-electron chi connectivity index (χ0n) is 24.5. The van der Waals surface area contributed by atoms with Gasteiger partial charge >= 0.3 is 6.18 Å². The van der Waals surface area contributed by atoms with Gasteiger partial charge in [-0.3, -0.25) is 19.4 Å². The lowest BCUT2D eigenvalue weighted by Gasteiger charge is -2.32. The van der Waals surface area contributed by atoms with Crippen LogP contribution in [0.1, 0.15) is 44.7 Å². The Morgan fingerprint density at radius 3 is 2.50 bits per heavy atom. The maximum absolute atomic E-state index is 13.8. The van der Waals surface area contributed by atoms with Gasteiger partial charge < -0.3 is 15.5 Å². The van der Waals surface area contributed by atoms with Crippen LogP contribution in [0.15, 0.2) is 48.8 Å². The minimum Gasteiger partial charge on any atom is -0.386 e. The Hall–Kier alpha value is -3.87. The third-order valence-corrected chi connectivity index (χ3v) is 8.40. The number of hydrogen-bond acceptors (Lipinski definition) is 7. The van der Waals surface area contributed by atoms with Gasteiger partial charge in [-0.2, -0.15) is 18.3 Å². The summed E-state index contributed by atoms with van der Waals surface area (Å²) >= 11 is 0. The molecule has 224 valence electrons. The minimum absolute atomic E-state index is 0.0995. The number of benzene rings is 2. The van der Waals surface area contributed by atoms with Crippen molar-refractivity contribution >= 4 is 23.0 Å². The van der Waals surface area contributed by atoms with Crippen LogP contribution in [0, 0.1) is 13.8 Å². The molecule has 0 saturated carbocycles. The normalized spacial score (nSPS) is 19.4. The fraction of sp³-hybridized carbons (Fsp3) is 0.400. The average Bonchev–Trinajstić information content (AvgIpc) is 3.60. The van der Waals surface area contributed by atoms with Crippen molar-refractivity contribution in [3.8, 4) is 0 Å². The molecule has 9 nitrogen and oxygen atoms in total. The smallest absolute Gasteiger partial charge is 0.386 e. The van der Waals surface area contributed by atoms with Crippen molar-refractivity contribution in [2.75, 3.05) is 37.5 Å². The van der Waals surface area contributed by atoms with E-state index in [4.69, 9.17) is 5.84 Å². The number of halogens is 3. The van der Waals surface area contributed by atoms with Crippen LogP contribution in [0.25, 0.3) is 5.70 Å². The maximum Gasteiger partial charge on any atom is 0.416 e. The van der Waals surface area contributed by atoms with E-state index in [1.54, 1.807) is 48.4 Å². The molecule has 2 bridgehead atoms. The SMILES string of the molecule is CN/C(=C\N(N)c1cc(C(=O)Nc2cc(CN3CC4CC3CN4C)cc(C(F)(F)F)c2)ccc1C)c1cnn(C)c1C. The molecule has 0 aliphatic carbocycles. The first-order chi connectivity index (χ1) is 19.8. The number of fused-ring (bicyclic) bond motifs is 2. The quantitative estimate of drug-likeness (QED) is 0.272. The summed E-state index contributed by atoms with van der Waals surface area (Å²) < 4.78 is 43.2. The van der Waals surface area contributed by atoms with Gasteiger partial charge in [-0.25, -0.2) is 5.84 Å². The largest absolute Gasteiger partial charge is 0.416 e. The monoisotopic (exact) mass is 582 g/mol. The number of piperazine rings is 1. The fourth-order valence-corrected chi connectivity index (χ4v) is 5.87. The zero-order valence-corrected chi connectivity index (χ0v) is 24.5. The minimum atomic E-state index is -4.54. The Morgan fingerprint density at radius 1 is 1.14 bits per heavy atom. The number of likely N-dealkylation sites (tertiary alicyclic amines) is 2. The van der Waals surface area contributed by atoms with Gasteiger partial charge in [0.25, 0.3) is 5.91 Å². The van der Waals surface area contributed by atoms with E-state index >= 15 is 0 Å². The molecule has 12 heteroatoms. The number of anilines is 2. The highest BCUT2D eigenvalue weighted by Crippen LogP contribution is 2.35. The predicted octanol–water partition coefficient (Wildman–Crippen LogP) is 4.09. The molecule has 2 aliphatic rings. The Morgan fingerprint density at radius 2 is 1.90 bits per heavy atom. The number of carbonyl (C=O) groups is 1. The molecule has 0 spiro atoms. The van der Waals surface area contributed by atoms with E-state index in [0.717, 1.165) is 48.1 Å². The molecule has 1 amide bonds. The molecular formula is C30H37F3N8O. The number of alkyl halides is 3. The van der Waals surface area contributed by atoms with Crippen LogP contribution in [0.2, 0.25) is 0 Å². The van der Waals surface area contributed by atoms with Crippen molar-refractivity contribution in [2.24, 2.45) is 12.9 Å². The van der Waals surface area contributed by atoms with Gasteiger partial charge in [0.2, 0.25) is 0 Å². The predicted molar refractivity (Wildman–Crippen MR) is 157 cm³/mol. The average molecular weight is 583 g/mol. The molecule has 42 heavy (non-hydrogen) atoms. The van der Waals surface area contributed by atoms with Crippen molar-refractivity contribution in [3.63, 3.8) is 0 Å². The first-order valence-corrected chi connectivity index (χ1v) is 13.8. The number of nitrogens with two attached hydrogens (primary N) is 1. The van der Waals surface area contributed by atoms with Crippen molar-refractivity contribution in [3.05, 3.63) is 82.3 Å². The zero-order chi connectivity index (χ0) is 30.3. The van der Waals surface area contributed by atoms with E-state index in [-0.39, 0.29) is 11.3 Å². The molecule has 2 atom stereocenters. The third kappa shape index (κ3) is 6.01. The highest BCUT2D eigenvalue weighted by Gasteiger charge is 2.41. The lowest BCUT2D eigenvalue weighted by molar-refractivity contribution is -0.137. The molecule has 4 N–H and O–H groups in total. The molecule has 2 aromatic carbocycles. The summed E-state index contributed by atoms with van der Waals surface area (Å²) in [6, 6.07) is 9.56. The van der Waals surface area contributed by atoms with E-state index < -0.39 is 17.6 Å². The summed E-state index contributed by atoms with van der Waals surface area (Å²) in [5, 5.41) is 11.5. The molecule has 3 aromatic rings. The van der Waals surface area contributed by atoms with Crippen LogP contribution < -0.4 is 21.5 Å². The Bertz CT molecular complexity index is 1510. The number of amides is 1.